The molecule has 0 N–H and O–H groups in total. The molecule has 25 heavy (non-hydrogen) atoms. The molecule has 1 rings (SSSR count). The third kappa shape index (κ3) is 6.52. The summed E-state index contributed by atoms with van der Waals surface area (Å²) in [6.45, 7) is 15.3. The van der Waals surface area contributed by atoms with E-state index in [9.17, 15) is 0 Å². The Morgan fingerprint density at radius 3 is 2.56 bits per heavy atom. The van der Waals surface area contributed by atoms with Crippen LogP contribution in [0.15, 0.2) is 41.9 Å². The van der Waals surface area contributed by atoms with E-state index in [-0.39, 0.29) is 6.10 Å². The maximum atomic E-state index is 6.05. The third-order valence-electron chi connectivity index (χ3n) is 4.69. The van der Waals surface area contributed by atoms with Crippen LogP contribution in [0.3, 0.4) is 0 Å². The molecule has 0 aromatic heterocycles. The highest BCUT2D eigenvalue weighted by molar-refractivity contribution is 5.98. The highest BCUT2D eigenvalue weighted by Crippen LogP contribution is 2.29. The van der Waals surface area contributed by atoms with Crippen LogP contribution >= 0.6 is 0 Å². The second-order valence-corrected chi connectivity index (χ2v) is 7.06. The van der Waals surface area contributed by atoms with Crippen molar-refractivity contribution in [1.82, 2.24) is 0 Å². The molecule has 4 nitrogen and oxygen atoms in total. The minimum Gasteiger partial charge on any atom is -0.480 e. The Labute approximate surface area is 154 Å². The first-order valence-corrected chi connectivity index (χ1v) is 8.76. The fourth-order valence-electron chi connectivity index (χ4n) is 2.22. The van der Waals surface area contributed by atoms with E-state index in [4.69, 9.17) is 26.9 Å². The molecule has 0 aromatic carbocycles. The van der Waals surface area contributed by atoms with Crippen molar-refractivity contribution in [3.63, 3.8) is 0 Å². The molecule has 0 aromatic rings. The third-order valence-corrected chi connectivity index (χ3v) is 4.69. The molecule has 0 spiro atoms. The fourth-order valence-corrected chi connectivity index (χ4v) is 2.22. The lowest BCUT2D eigenvalue weighted by Gasteiger charge is -2.41. The van der Waals surface area contributed by atoms with Gasteiger partial charge in [-0.05, 0) is 34.6 Å². The molecule has 1 aliphatic heterocycles. The minimum atomic E-state index is -0.602. The van der Waals surface area contributed by atoms with Crippen LogP contribution < -0.4 is 0 Å². The van der Waals surface area contributed by atoms with Crippen LogP contribution in [0.1, 0.15) is 47.5 Å². The normalized spacial score (nSPS) is 19.2. The van der Waals surface area contributed by atoms with Gasteiger partial charge in [0.05, 0.1) is 31.0 Å². The zero-order valence-electron chi connectivity index (χ0n) is 16.3. The lowest BCUT2D eigenvalue weighted by Crippen LogP contribution is -2.49. The van der Waals surface area contributed by atoms with E-state index in [1.807, 2.05) is 52.8 Å². The van der Waals surface area contributed by atoms with Gasteiger partial charge in [-0.3, -0.25) is 0 Å². The van der Waals surface area contributed by atoms with Gasteiger partial charge >= 0.3 is 0 Å². The molecule has 1 aliphatic rings. The summed E-state index contributed by atoms with van der Waals surface area (Å²) in [7, 11) is 5.40. The monoisotopic (exact) mass is 346 g/mol. The van der Waals surface area contributed by atoms with E-state index in [0.717, 1.165) is 18.6 Å². The summed E-state index contributed by atoms with van der Waals surface area (Å²) in [5.74, 6) is 0.657. The van der Waals surface area contributed by atoms with E-state index >= 15 is 0 Å². The standard InChI is InChI=1S/C20H31BO4/c1-7-9-10-16(18(8-2)24-17-12-13-22-15-17)11-14-23-19(3,4)20(5,6)25-21/h7,9-10,17H,2,11-15H2,1,3-6H3/b9-7-,16-10-. The molecule has 0 amide bonds. The molecule has 0 aliphatic carbocycles. The number of allylic oxidation sites excluding steroid dienone is 4. The fraction of sp³-hybridized carbons (Fsp3) is 0.650. The van der Waals surface area contributed by atoms with Gasteiger partial charge in [0.1, 0.15) is 6.10 Å². The van der Waals surface area contributed by atoms with Crippen molar-refractivity contribution in [2.45, 2.75) is 64.8 Å². The average Bonchev–Trinajstić information content (AvgIpc) is 3.08. The van der Waals surface area contributed by atoms with E-state index < -0.39 is 11.2 Å². The van der Waals surface area contributed by atoms with Gasteiger partial charge in [-0.2, -0.15) is 0 Å². The minimum absolute atomic E-state index is 0.0557. The molecular weight excluding hydrogens is 315 g/mol. The second-order valence-electron chi connectivity index (χ2n) is 7.06. The van der Waals surface area contributed by atoms with Crippen molar-refractivity contribution in [3.05, 3.63) is 41.9 Å². The Balaban J connectivity index is 2.74. The largest absolute Gasteiger partial charge is 0.480 e. The van der Waals surface area contributed by atoms with Crippen molar-refractivity contribution >= 4 is 8.05 Å². The first-order valence-electron chi connectivity index (χ1n) is 8.76. The zero-order valence-corrected chi connectivity index (χ0v) is 16.3. The molecule has 138 valence electrons. The molecule has 0 bridgehead atoms. The summed E-state index contributed by atoms with van der Waals surface area (Å²) in [4.78, 5) is 0. The van der Waals surface area contributed by atoms with Crippen LogP contribution in [0.2, 0.25) is 0 Å². The first kappa shape index (κ1) is 21.8. The Morgan fingerprint density at radius 2 is 2.04 bits per heavy atom. The predicted octanol–water partition coefficient (Wildman–Crippen LogP) is 4.03. The molecule has 1 unspecified atom stereocenters. The molecule has 1 fully saturated rings. The lowest BCUT2D eigenvalue weighted by atomic mass is 9.88. The molecular formula is C20H31BO4. The lowest BCUT2D eigenvalue weighted by molar-refractivity contribution is -0.131. The van der Waals surface area contributed by atoms with Crippen LogP contribution in [0.4, 0.5) is 0 Å². The van der Waals surface area contributed by atoms with Crippen molar-refractivity contribution in [2.75, 3.05) is 19.8 Å². The van der Waals surface area contributed by atoms with Crippen molar-refractivity contribution in [2.24, 2.45) is 0 Å². The van der Waals surface area contributed by atoms with Gasteiger partial charge in [-0.25, -0.2) is 0 Å². The van der Waals surface area contributed by atoms with Gasteiger partial charge in [0, 0.05) is 18.4 Å². The molecule has 1 saturated heterocycles. The second kappa shape index (κ2) is 10.0. The maximum absolute atomic E-state index is 6.05. The summed E-state index contributed by atoms with van der Waals surface area (Å²) in [5, 5.41) is 0. The smallest absolute Gasteiger partial charge is 0.283 e. The highest BCUT2D eigenvalue weighted by atomic mass is 16.5. The van der Waals surface area contributed by atoms with Crippen LogP contribution in [0, 0.1) is 0 Å². The Kier molecular flexibility index (Phi) is 8.74. The van der Waals surface area contributed by atoms with Gasteiger partial charge in [-0.1, -0.05) is 30.5 Å². The molecule has 1 heterocycles. The number of hydrogen-bond donors (Lipinski definition) is 0. The van der Waals surface area contributed by atoms with Crippen molar-refractivity contribution < 1.29 is 18.9 Å². The Hall–Kier alpha value is -1.26. The van der Waals surface area contributed by atoms with Gasteiger partial charge in [-0.15, -0.1) is 0 Å². The number of ether oxygens (including phenoxy) is 3. The predicted molar refractivity (Wildman–Crippen MR) is 101 cm³/mol. The summed E-state index contributed by atoms with van der Waals surface area (Å²) < 4.78 is 22.5. The van der Waals surface area contributed by atoms with Crippen LogP contribution in [-0.4, -0.2) is 45.2 Å². The van der Waals surface area contributed by atoms with E-state index in [1.165, 1.54) is 0 Å². The molecule has 1 atom stereocenters. The van der Waals surface area contributed by atoms with Gasteiger partial charge in [0.2, 0.25) is 0 Å². The topological polar surface area (TPSA) is 36.9 Å². The summed E-state index contributed by atoms with van der Waals surface area (Å²) in [6, 6.07) is 0. The quantitative estimate of drug-likeness (QED) is 0.259. The number of rotatable bonds is 10. The van der Waals surface area contributed by atoms with E-state index in [0.29, 0.717) is 25.4 Å². The first-order chi connectivity index (χ1) is 11.8. The molecule has 0 saturated carbocycles. The van der Waals surface area contributed by atoms with Gasteiger partial charge in [0.15, 0.2) is 5.76 Å². The Bertz CT molecular complexity index is 522. The Morgan fingerprint density at radius 1 is 1.32 bits per heavy atom. The maximum Gasteiger partial charge on any atom is 0.283 e. The van der Waals surface area contributed by atoms with Crippen LogP contribution in [0.25, 0.3) is 0 Å². The van der Waals surface area contributed by atoms with Crippen LogP contribution in [-0.2, 0) is 18.9 Å². The summed E-state index contributed by atoms with van der Waals surface area (Å²) >= 11 is 0. The highest BCUT2D eigenvalue weighted by Gasteiger charge is 2.37. The molecule has 5 heteroatoms. The van der Waals surface area contributed by atoms with Crippen molar-refractivity contribution in [1.29, 1.82) is 0 Å². The summed E-state index contributed by atoms with van der Waals surface area (Å²) in [6.07, 6.45) is 7.55. The SMILES string of the molecule is [B]OC(C)(C)C(C)(C)OCC/C(=C/C=C\C)C(=C=C)OC1CCOC1. The number of hydrogen-bond acceptors (Lipinski definition) is 4. The van der Waals surface area contributed by atoms with E-state index in [1.54, 1.807) is 0 Å². The van der Waals surface area contributed by atoms with Crippen molar-refractivity contribution in [3.8, 4) is 0 Å². The van der Waals surface area contributed by atoms with E-state index in [2.05, 4.69) is 12.3 Å². The van der Waals surface area contributed by atoms with Crippen LogP contribution in [0.5, 0.6) is 0 Å². The van der Waals surface area contributed by atoms with Gasteiger partial charge < -0.3 is 18.9 Å². The van der Waals surface area contributed by atoms with Gasteiger partial charge in [0.25, 0.3) is 8.05 Å². The average molecular weight is 346 g/mol. The molecule has 2 radical (unpaired) electrons. The zero-order chi connectivity index (χ0) is 18.9. The summed E-state index contributed by atoms with van der Waals surface area (Å²) in [5.41, 5.74) is 2.76.